The molecule has 5 heteroatoms. The van der Waals surface area contributed by atoms with Crippen LogP contribution in [0, 0.1) is 17.3 Å². The zero-order chi connectivity index (χ0) is 15.6. The lowest BCUT2D eigenvalue weighted by atomic mass is 9.76. The van der Waals surface area contributed by atoms with Gasteiger partial charge in [-0.05, 0) is 31.6 Å². The molecule has 0 amide bonds. The number of carboxylic acids is 1. The average Bonchev–Trinajstić information content (AvgIpc) is 2.86. The van der Waals surface area contributed by atoms with Gasteiger partial charge in [-0.2, -0.15) is 4.98 Å². The Morgan fingerprint density at radius 1 is 1.48 bits per heavy atom. The van der Waals surface area contributed by atoms with Crippen LogP contribution in [0.2, 0.25) is 0 Å². The van der Waals surface area contributed by atoms with E-state index < -0.39 is 11.4 Å². The molecule has 1 aromatic rings. The lowest BCUT2D eigenvalue weighted by molar-refractivity contribution is -0.150. The normalized spacial score (nSPS) is 25.8. The fraction of sp³-hybridized carbons (Fsp3) is 0.812. The molecule has 1 heterocycles. The summed E-state index contributed by atoms with van der Waals surface area (Å²) in [6, 6.07) is 0. The van der Waals surface area contributed by atoms with E-state index in [2.05, 4.69) is 17.1 Å². The SMILES string of the molecule is CC1CCCC(c2noc(CC(C)(C(=O)O)C(C)C)n2)C1. The number of nitrogens with zero attached hydrogens (tertiary/aromatic N) is 2. The van der Waals surface area contributed by atoms with Gasteiger partial charge in [0.05, 0.1) is 5.41 Å². The molecule has 0 aromatic carbocycles. The van der Waals surface area contributed by atoms with Gasteiger partial charge in [0.2, 0.25) is 5.89 Å². The summed E-state index contributed by atoms with van der Waals surface area (Å²) in [4.78, 5) is 16.0. The summed E-state index contributed by atoms with van der Waals surface area (Å²) >= 11 is 0. The van der Waals surface area contributed by atoms with Gasteiger partial charge >= 0.3 is 5.97 Å². The maximum absolute atomic E-state index is 11.5. The second-order valence-electron chi connectivity index (χ2n) is 7.07. The van der Waals surface area contributed by atoms with Crippen molar-refractivity contribution in [1.82, 2.24) is 10.1 Å². The molecule has 3 unspecified atom stereocenters. The minimum absolute atomic E-state index is 0.0000489. The molecule has 1 aliphatic carbocycles. The van der Waals surface area contributed by atoms with Gasteiger partial charge in [-0.3, -0.25) is 4.79 Å². The molecule has 2 rings (SSSR count). The molecule has 0 aliphatic heterocycles. The zero-order valence-electron chi connectivity index (χ0n) is 13.4. The molecule has 0 spiro atoms. The van der Waals surface area contributed by atoms with Crippen LogP contribution in [0.1, 0.15) is 71.0 Å². The van der Waals surface area contributed by atoms with Crippen LogP contribution in [0.15, 0.2) is 4.52 Å². The van der Waals surface area contributed by atoms with Gasteiger partial charge < -0.3 is 9.63 Å². The van der Waals surface area contributed by atoms with Crippen molar-refractivity contribution in [3.05, 3.63) is 11.7 Å². The Labute approximate surface area is 126 Å². The molecule has 5 nitrogen and oxygen atoms in total. The van der Waals surface area contributed by atoms with Crippen LogP contribution in [-0.4, -0.2) is 21.2 Å². The minimum atomic E-state index is -0.871. The van der Waals surface area contributed by atoms with Crippen molar-refractivity contribution >= 4 is 5.97 Å². The van der Waals surface area contributed by atoms with Gasteiger partial charge in [0.25, 0.3) is 0 Å². The number of hydrogen-bond donors (Lipinski definition) is 1. The quantitative estimate of drug-likeness (QED) is 0.897. The number of aromatic nitrogens is 2. The van der Waals surface area contributed by atoms with Crippen LogP contribution < -0.4 is 0 Å². The van der Waals surface area contributed by atoms with Gasteiger partial charge in [-0.1, -0.05) is 38.8 Å². The average molecular weight is 294 g/mol. The Hall–Kier alpha value is -1.39. The van der Waals surface area contributed by atoms with E-state index in [9.17, 15) is 9.90 Å². The van der Waals surface area contributed by atoms with Crippen LogP contribution in [0.4, 0.5) is 0 Å². The van der Waals surface area contributed by atoms with E-state index in [-0.39, 0.29) is 12.3 Å². The Morgan fingerprint density at radius 2 is 2.19 bits per heavy atom. The summed E-state index contributed by atoms with van der Waals surface area (Å²) in [5.41, 5.74) is -0.871. The number of carboxylic acid groups (broad SMARTS) is 1. The molecule has 1 aromatic heterocycles. The van der Waals surface area contributed by atoms with Crippen molar-refractivity contribution in [2.24, 2.45) is 17.3 Å². The minimum Gasteiger partial charge on any atom is -0.481 e. The third-order valence-electron chi connectivity index (χ3n) is 5.07. The van der Waals surface area contributed by atoms with Crippen molar-refractivity contribution in [1.29, 1.82) is 0 Å². The number of rotatable bonds is 5. The topological polar surface area (TPSA) is 76.2 Å². The van der Waals surface area contributed by atoms with Crippen molar-refractivity contribution in [2.75, 3.05) is 0 Å². The summed E-state index contributed by atoms with van der Waals surface area (Å²) in [5.74, 6) is 1.45. The highest BCUT2D eigenvalue weighted by Crippen LogP contribution is 2.36. The fourth-order valence-corrected chi connectivity index (χ4v) is 3.02. The highest BCUT2D eigenvalue weighted by atomic mass is 16.5. The summed E-state index contributed by atoms with van der Waals surface area (Å²) in [7, 11) is 0. The third-order valence-corrected chi connectivity index (χ3v) is 5.07. The maximum atomic E-state index is 11.5. The summed E-state index contributed by atoms with van der Waals surface area (Å²) in [6.07, 6.45) is 4.96. The van der Waals surface area contributed by atoms with E-state index in [0.29, 0.717) is 17.7 Å². The van der Waals surface area contributed by atoms with Crippen molar-refractivity contribution in [3.8, 4) is 0 Å². The van der Waals surface area contributed by atoms with Crippen molar-refractivity contribution < 1.29 is 14.4 Å². The molecule has 0 saturated heterocycles. The fourth-order valence-electron chi connectivity index (χ4n) is 3.02. The Balaban J connectivity index is 2.11. The highest BCUT2D eigenvalue weighted by Gasteiger charge is 2.39. The highest BCUT2D eigenvalue weighted by molar-refractivity contribution is 5.74. The molecule has 1 fully saturated rings. The maximum Gasteiger partial charge on any atom is 0.310 e. The zero-order valence-corrected chi connectivity index (χ0v) is 13.4. The van der Waals surface area contributed by atoms with Crippen LogP contribution >= 0.6 is 0 Å². The number of carbonyl (C=O) groups is 1. The Bertz CT molecular complexity index is 497. The van der Waals surface area contributed by atoms with Crippen molar-refractivity contribution in [3.63, 3.8) is 0 Å². The molecule has 118 valence electrons. The second kappa shape index (κ2) is 6.16. The predicted molar refractivity (Wildman–Crippen MR) is 79.0 cm³/mol. The monoisotopic (exact) mass is 294 g/mol. The number of hydrogen-bond acceptors (Lipinski definition) is 4. The van der Waals surface area contributed by atoms with Crippen LogP contribution in [0.3, 0.4) is 0 Å². The molecular weight excluding hydrogens is 268 g/mol. The molecule has 3 atom stereocenters. The van der Waals surface area contributed by atoms with E-state index in [1.54, 1.807) is 6.92 Å². The van der Waals surface area contributed by atoms with Gasteiger partial charge in [-0.15, -0.1) is 0 Å². The van der Waals surface area contributed by atoms with E-state index in [1.165, 1.54) is 12.8 Å². The second-order valence-corrected chi connectivity index (χ2v) is 7.07. The lowest BCUT2D eigenvalue weighted by Gasteiger charge is -2.27. The van der Waals surface area contributed by atoms with Crippen LogP contribution in [0.25, 0.3) is 0 Å². The largest absolute Gasteiger partial charge is 0.481 e. The van der Waals surface area contributed by atoms with Gasteiger partial charge in [0.15, 0.2) is 5.82 Å². The predicted octanol–water partition coefficient (Wildman–Crippen LogP) is 3.65. The summed E-state index contributed by atoms with van der Waals surface area (Å²) in [6.45, 7) is 7.82. The first kappa shape index (κ1) is 16.0. The van der Waals surface area contributed by atoms with E-state index >= 15 is 0 Å². The smallest absolute Gasteiger partial charge is 0.310 e. The standard InChI is InChI=1S/C16H26N2O3/c1-10(2)16(4,15(19)20)9-13-17-14(18-21-13)12-7-5-6-11(3)8-12/h10-12H,5-9H2,1-4H3,(H,19,20). The first-order valence-corrected chi connectivity index (χ1v) is 7.88. The van der Waals surface area contributed by atoms with Gasteiger partial charge in [-0.25, -0.2) is 0 Å². The molecule has 1 saturated carbocycles. The summed E-state index contributed by atoms with van der Waals surface area (Å²) in [5, 5.41) is 13.6. The van der Waals surface area contributed by atoms with Crippen LogP contribution in [-0.2, 0) is 11.2 Å². The molecule has 0 bridgehead atoms. The molecule has 0 radical (unpaired) electrons. The van der Waals surface area contributed by atoms with E-state index in [1.807, 2.05) is 13.8 Å². The number of aliphatic carboxylic acids is 1. The van der Waals surface area contributed by atoms with Crippen LogP contribution in [0.5, 0.6) is 0 Å². The molecular formula is C16H26N2O3. The molecule has 1 N–H and O–H groups in total. The molecule has 1 aliphatic rings. The van der Waals surface area contributed by atoms with Gasteiger partial charge in [0, 0.05) is 12.3 Å². The third kappa shape index (κ3) is 3.44. The van der Waals surface area contributed by atoms with E-state index in [0.717, 1.165) is 18.7 Å². The molecule has 21 heavy (non-hydrogen) atoms. The van der Waals surface area contributed by atoms with E-state index in [4.69, 9.17) is 4.52 Å². The summed E-state index contributed by atoms with van der Waals surface area (Å²) < 4.78 is 5.32. The van der Waals surface area contributed by atoms with Gasteiger partial charge in [0.1, 0.15) is 0 Å². The van der Waals surface area contributed by atoms with Crippen molar-refractivity contribution in [2.45, 2.75) is 65.7 Å². The Kier molecular flexibility index (Phi) is 4.69. The Morgan fingerprint density at radius 3 is 2.76 bits per heavy atom. The first-order chi connectivity index (χ1) is 9.83. The first-order valence-electron chi connectivity index (χ1n) is 7.88. The lowest BCUT2D eigenvalue weighted by Crippen LogP contribution is -2.35.